The molecule has 15 heavy (non-hydrogen) atoms. The zero-order valence-corrected chi connectivity index (χ0v) is 9.32. The lowest BCUT2D eigenvalue weighted by Crippen LogP contribution is -2.35. The van der Waals surface area contributed by atoms with Gasteiger partial charge in [-0.3, -0.25) is 9.48 Å². The van der Waals surface area contributed by atoms with Gasteiger partial charge in [-0.15, -0.1) is 11.7 Å². The van der Waals surface area contributed by atoms with Crippen LogP contribution in [0, 0.1) is 5.41 Å². The maximum absolute atomic E-state index is 11.7. The molecule has 0 aliphatic carbocycles. The van der Waals surface area contributed by atoms with Gasteiger partial charge in [0.1, 0.15) is 0 Å². The number of nitrogens with zero attached hydrogens (tertiary/aromatic N) is 3. The highest BCUT2D eigenvalue weighted by atomic mass is 16.2. The van der Waals surface area contributed by atoms with Crippen LogP contribution >= 0.6 is 0 Å². The molecule has 0 bridgehead atoms. The van der Waals surface area contributed by atoms with Gasteiger partial charge in [0.15, 0.2) is 0 Å². The first kappa shape index (κ1) is 11.4. The van der Waals surface area contributed by atoms with Gasteiger partial charge in [-0.05, 0) is 13.8 Å². The van der Waals surface area contributed by atoms with Crippen LogP contribution in [0.15, 0.2) is 18.9 Å². The summed E-state index contributed by atoms with van der Waals surface area (Å²) < 4.78 is 1.63. The Balaban J connectivity index is 2.55. The minimum atomic E-state index is -0.550. The Kier molecular flexibility index (Phi) is 3.24. The van der Waals surface area contributed by atoms with Gasteiger partial charge in [0.2, 0.25) is 5.91 Å². The van der Waals surface area contributed by atoms with E-state index in [0.29, 0.717) is 6.54 Å². The molecule has 0 aromatic carbocycles. The second kappa shape index (κ2) is 4.25. The minimum absolute atomic E-state index is 0.0568. The highest BCUT2D eigenvalue weighted by Crippen LogP contribution is 2.15. The Morgan fingerprint density at radius 2 is 2.40 bits per heavy atom. The number of hydrogen-bond acceptors (Lipinski definition) is 3. The molecule has 82 valence electrons. The largest absolute Gasteiger partial charge is 0.350 e. The van der Waals surface area contributed by atoms with E-state index in [-0.39, 0.29) is 5.91 Å². The number of carbonyl (C=O) groups excluding carboxylic acids is 1. The van der Waals surface area contributed by atoms with E-state index >= 15 is 0 Å². The van der Waals surface area contributed by atoms with E-state index in [4.69, 9.17) is 0 Å². The fourth-order valence-corrected chi connectivity index (χ4v) is 0.962. The molecule has 0 aliphatic rings. The third-order valence-electron chi connectivity index (χ3n) is 2.33. The number of hydrogen-bond donors (Lipinski definition) is 1. The maximum Gasteiger partial charge on any atom is 0.229 e. The Morgan fingerprint density at radius 1 is 1.73 bits per heavy atom. The molecule has 1 N–H and O–H groups in total. The minimum Gasteiger partial charge on any atom is -0.350 e. The zero-order valence-electron chi connectivity index (χ0n) is 9.32. The molecule has 0 unspecified atom stereocenters. The zero-order chi connectivity index (χ0) is 11.5. The van der Waals surface area contributed by atoms with Crippen LogP contribution in [-0.4, -0.2) is 20.9 Å². The number of rotatable bonds is 4. The van der Waals surface area contributed by atoms with Crippen molar-refractivity contribution >= 4 is 5.91 Å². The molecule has 0 aliphatic heterocycles. The number of aryl methyl sites for hydroxylation is 1. The summed E-state index contributed by atoms with van der Waals surface area (Å²) in [6.07, 6.45) is 3.25. The monoisotopic (exact) mass is 208 g/mol. The Morgan fingerprint density at radius 3 is 2.87 bits per heavy atom. The summed E-state index contributed by atoms with van der Waals surface area (Å²) in [5.74, 6) is -0.0568. The predicted octanol–water partition coefficient (Wildman–Crippen LogP) is 0.643. The van der Waals surface area contributed by atoms with Gasteiger partial charge < -0.3 is 5.32 Å². The molecular weight excluding hydrogens is 192 g/mol. The number of aromatic nitrogens is 3. The molecule has 0 radical (unpaired) electrons. The van der Waals surface area contributed by atoms with E-state index in [1.165, 1.54) is 0 Å². The molecule has 0 fully saturated rings. The Labute approximate surface area is 89.2 Å². The van der Waals surface area contributed by atoms with Crippen molar-refractivity contribution in [3.63, 3.8) is 0 Å². The van der Waals surface area contributed by atoms with Crippen LogP contribution in [0.25, 0.3) is 0 Å². The van der Waals surface area contributed by atoms with Crippen LogP contribution in [0.1, 0.15) is 19.5 Å². The number of nitrogens with one attached hydrogen (secondary N) is 1. The maximum atomic E-state index is 11.7. The smallest absolute Gasteiger partial charge is 0.229 e. The first-order valence-electron chi connectivity index (χ1n) is 4.73. The molecule has 1 amide bonds. The van der Waals surface area contributed by atoms with Gasteiger partial charge in [0.25, 0.3) is 0 Å². The summed E-state index contributed by atoms with van der Waals surface area (Å²) in [6, 6.07) is 0. The standard InChI is InChI=1S/C10H16N4O/c1-5-10(2,3)9(15)11-6-8-7-12-13-14(8)4/h5,7H,1,6H2,2-4H3,(H,11,15). The van der Waals surface area contributed by atoms with Gasteiger partial charge in [-0.25, -0.2) is 0 Å². The van der Waals surface area contributed by atoms with E-state index in [2.05, 4.69) is 22.2 Å². The SMILES string of the molecule is C=CC(C)(C)C(=O)NCc1cnnn1C. The predicted molar refractivity (Wildman–Crippen MR) is 56.8 cm³/mol. The topological polar surface area (TPSA) is 59.8 Å². The summed E-state index contributed by atoms with van der Waals surface area (Å²) in [4.78, 5) is 11.7. The van der Waals surface area contributed by atoms with Crippen molar-refractivity contribution in [1.82, 2.24) is 20.3 Å². The summed E-state index contributed by atoms with van der Waals surface area (Å²) in [5.41, 5.74) is 0.315. The van der Waals surface area contributed by atoms with E-state index in [0.717, 1.165) is 5.69 Å². The summed E-state index contributed by atoms with van der Waals surface area (Å²) in [5, 5.41) is 10.3. The van der Waals surface area contributed by atoms with Crippen LogP contribution in [0.4, 0.5) is 0 Å². The van der Waals surface area contributed by atoms with Crippen molar-refractivity contribution in [3.05, 3.63) is 24.5 Å². The molecule has 5 nitrogen and oxygen atoms in total. The highest BCUT2D eigenvalue weighted by Gasteiger charge is 2.23. The van der Waals surface area contributed by atoms with Crippen LogP contribution in [0.3, 0.4) is 0 Å². The molecule has 0 saturated heterocycles. The molecule has 1 heterocycles. The molecule has 5 heteroatoms. The number of amides is 1. The molecule has 1 aromatic heterocycles. The van der Waals surface area contributed by atoms with Crippen molar-refractivity contribution < 1.29 is 4.79 Å². The van der Waals surface area contributed by atoms with Gasteiger partial charge in [0, 0.05) is 7.05 Å². The molecule has 0 spiro atoms. The third kappa shape index (κ3) is 2.65. The quantitative estimate of drug-likeness (QED) is 0.739. The van der Waals surface area contributed by atoms with Crippen molar-refractivity contribution in [2.45, 2.75) is 20.4 Å². The fraction of sp³-hybridized carbons (Fsp3) is 0.500. The second-order valence-corrected chi connectivity index (χ2v) is 3.96. The second-order valence-electron chi connectivity index (χ2n) is 3.96. The van der Waals surface area contributed by atoms with E-state index in [1.807, 2.05) is 13.8 Å². The fourth-order valence-electron chi connectivity index (χ4n) is 0.962. The Bertz CT molecular complexity index is 367. The summed E-state index contributed by atoms with van der Waals surface area (Å²) in [6.45, 7) is 7.69. The highest BCUT2D eigenvalue weighted by molar-refractivity contribution is 5.83. The van der Waals surface area contributed by atoms with Crippen LogP contribution in [-0.2, 0) is 18.4 Å². The lowest BCUT2D eigenvalue weighted by molar-refractivity contribution is -0.127. The average Bonchev–Trinajstić information content (AvgIpc) is 2.60. The van der Waals surface area contributed by atoms with Gasteiger partial charge in [0.05, 0.1) is 23.9 Å². The lowest BCUT2D eigenvalue weighted by Gasteiger charge is -2.18. The third-order valence-corrected chi connectivity index (χ3v) is 2.33. The molecule has 1 aromatic rings. The van der Waals surface area contributed by atoms with Gasteiger partial charge in [-0.2, -0.15) is 0 Å². The van der Waals surface area contributed by atoms with Gasteiger partial charge >= 0.3 is 0 Å². The van der Waals surface area contributed by atoms with Crippen LogP contribution in [0.5, 0.6) is 0 Å². The average molecular weight is 208 g/mol. The molecule has 1 rings (SSSR count). The normalized spacial score (nSPS) is 11.1. The first-order chi connectivity index (χ1) is 6.97. The van der Waals surface area contributed by atoms with E-state index < -0.39 is 5.41 Å². The molecule has 0 saturated carbocycles. The number of carbonyl (C=O) groups is 1. The van der Waals surface area contributed by atoms with Crippen LogP contribution in [0.2, 0.25) is 0 Å². The van der Waals surface area contributed by atoms with Crippen LogP contribution < -0.4 is 5.32 Å². The Hall–Kier alpha value is -1.65. The van der Waals surface area contributed by atoms with Gasteiger partial charge in [-0.1, -0.05) is 11.3 Å². The molecular formula is C10H16N4O. The van der Waals surface area contributed by atoms with E-state index in [9.17, 15) is 4.79 Å². The summed E-state index contributed by atoms with van der Waals surface area (Å²) in [7, 11) is 1.78. The first-order valence-corrected chi connectivity index (χ1v) is 4.73. The van der Waals surface area contributed by atoms with E-state index in [1.54, 1.807) is 24.0 Å². The van der Waals surface area contributed by atoms with Crippen molar-refractivity contribution in [2.75, 3.05) is 0 Å². The van der Waals surface area contributed by atoms with Crippen molar-refractivity contribution in [2.24, 2.45) is 12.5 Å². The van der Waals surface area contributed by atoms with Crippen molar-refractivity contribution in [1.29, 1.82) is 0 Å². The summed E-state index contributed by atoms with van der Waals surface area (Å²) >= 11 is 0. The molecule has 0 atom stereocenters. The van der Waals surface area contributed by atoms with Crippen molar-refractivity contribution in [3.8, 4) is 0 Å². The lowest BCUT2D eigenvalue weighted by atomic mass is 9.93.